The molecule has 9 heteroatoms. The van der Waals surface area contributed by atoms with Crippen LogP contribution >= 0.6 is 11.8 Å². The standard InChI is InChI=1S/C23H17FN6OS/c1-13-14(2)30(16-9-7-15(24)8-10-16)21-20(13)22-27-19(28-29(22)12-25-21)11-32-23-26-17-5-3-4-6-18(17)31-23/h3-10,12H,11H2,1-2H3. The maximum atomic E-state index is 13.4. The summed E-state index contributed by atoms with van der Waals surface area (Å²) in [5, 5.41) is 6.11. The summed E-state index contributed by atoms with van der Waals surface area (Å²) in [6.07, 6.45) is 1.66. The lowest BCUT2D eigenvalue weighted by Crippen LogP contribution is -1.99. The number of benzene rings is 2. The first-order valence-electron chi connectivity index (χ1n) is 10.0. The third-order valence-corrected chi connectivity index (χ3v) is 6.38. The second-order valence-electron chi connectivity index (χ2n) is 7.50. The first-order valence-corrected chi connectivity index (χ1v) is 11.0. The van der Waals surface area contributed by atoms with Crippen LogP contribution in [-0.2, 0) is 5.75 Å². The van der Waals surface area contributed by atoms with Gasteiger partial charge in [0.15, 0.2) is 22.7 Å². The molecule has 32 heavy (non-hydrogen) atoms. The third kappa shape index (κ3) is 2.96. The number of rotatable bonds is 4. The lowest BCUT2D eigenvalue weighted by molar-refractivity contribution is 0.489. The van der Waals surface area contributed by atoms with E-state index in [-0.39, 0.29) is 5.82 Å². The van der Waals surface area contributed by atoms with Gasteiger partial charge in [0, 0.05) is 11.4 Å². The number of fused-ring (bicyclic) bond motifs is 4. The number of hydrogen-bond donors (Lipinski definition) is 0. The van der Waals surface area contributed by atoms with Crippen molar-refractivity contribution < 1.29 is 8.81 Å². The van der Waals surface area contributed by atoms with Gasteiger partial charge in [0.2, 0.25) is 0 Å². The van der Waals surface area contributed by atoms with Crippen LogP contribution in [0.4, 0.5) is 4.39 Å². The summed E-state index contributed by atoms with van der Waals surface area (Å²) in [5.74, 6) is 0.916. The predicted molar refractivity (Wildman–Crippen MR) is 121 cm³/mol. The van der Waals surface area contributed by atoms with Crippen LogP contribution in [0.2, 0.25) is 0 Å². The van der Waals surface area contributed by atoms with Crippen LogP contribution in [0.5, 0.6) is 0 Å². The van der Waals surface area contributed by atoms with E-state index in [2.05, 4.69) is 15.1 Å². The summed E-state index contributed by atoms with van der Waals surface area (Å²) < 4.78 is 22.9. The lowest BCUT2D eigenvalue weighted by Gasteiger charge is -2.07. The molecular weight excluding hydrogens is 427 g/mol. The zero-order valence-corrected chi connectivity index (χ0v) is 18.1. The van der Waals surface area contributed by atoms with Gasteiger partial charge in [-0.1, -0.05) is 23.9 Å². The summed E-state index contributed by atoms with van der Waals surface area (Å²) in [4.78, 5) is 13.9. The third-order valence-electron chi connectivity index (χ3n) is 5.56. The van der Waals surface area contributed by atoms with Crippen LogP contribution in [0.15, 0.2) is 64.5 Å². The quantitative estimate of drug-likeness (QED) is 0.346. The Hall–Kier alpha value is -3.72. The minimum atomic E-state index is -0.270. The summed E-state index contributed by atoms with van der Waals surface area (Å²) in [5.41, 5.74) is 6.04. The van der Waals surface area contributed by atoms with Crippen LogP contribution in [0.1, 0.15) is 17.1 Å². The molecule has 2 aromatic carbocycles. The van der Waals surface area contributed by atoms with Crippen molar-refractivity contribution in [3.63, 3.8) is 0 Å². The molecule has 0 bridgehead atoms. The van der Waals surface area contributed by atoms with Gasteiger partial charge in [0.1, 0.15) is 17.7 Å². The Morgan fingerprint density at radius 2 is 1.81 bits per heavy atom. The average Bonchev–Trinajstić information content (AvgIpc) is 3.47. The smallest absolute Gasteiger partial charge is 0.257 e. The van der Waals surface area contributed by atoms with Crippen LogP contribution in [0.25, 0.3) is 33.5 Å². The SMILES string of the molecule is Cc1c(C)n(-c2ccc(F)cc2)c2ncn3nc(CSc4nc5ccccc5o4)nc3c12. The van der Waals surface area contributed by atoms with E-state index >= 15 is 0 Å². The number of halogens is 1. The van der Waals surface area contributed by atoms with Crippen molar-refractivity contribution in [1.29, 1.82) is 0 Å². The molecule has 0 saturated heterocycles. The van der Waals surface area contributed by atoms with Gasteiger partial charge in [0.05, 0.1) is 11.1 Å². The van der Waals surface area contributed by atoms with Gasteiger partial charge in [-0.3, -0.25) is 4.57 Å². The van der Waals surface area contributed by atoms with E-state index in [4.69, 9.17) is 9.40 Å². The summed E-state index contributed by atoms with van der Waals surface area (Å²) in [6.45, 7) is 4.07. The molecule has 4 aromatic heterocycles. The molecular formula is C23H17FN6OS. The fourth-order valence-corrected chi connectivity index (χ4v) is 4.60. The Morgan fingerprint density at radius 1 is 1.00 bits per heavy atom. The number of para-hydroxylation sites is 2. The molecule has 6 rings (SSSR count). The minimum absolute atomic E-state index is 0.270. The first kappa shape index (κ1) is 19.0. The van der Waals surface area contributed by atoms with Crippen LogP contribution in [-0.4, -0.2) is 29.1 Å². The van der Waals surface area contributed by atoms with Gasteiger partial charge < -0.3 is 4.42 Å². The molecule has 0 aliphatic rings. The highest BCUT2D eigenvalue weighted by molar-refractivity contribution is 7.98. The highest BCUT2D eigenvalue weighted by atomic mass is 32.2. The van der Waals surface area contributed by atoms with Gasteiger partial charge >= 0.3 is 0 Å². The van der Waals surface area contributed by atoms with E-state index in [9.17, 15) is 4.39 Å². The van der Waals surface area contributed by atoms with E-state index in [1.54, 1.807) is 23.0 Å². The lowest BCUT2D eigenvalue weighted by atomic mass is 10.2. The molecule has 0 atom stereocenters. The fourth-order valence-electron chi connectivity index (χ4n) is 3.91. The number of thioether (sulfide) groups is 1. The van der Waals surface area contributed by atoms with Gasteiger partial charge in [-0.2, -0.15) is 0 Å². The Labute approximate surface area is 185 Å². The molecule has 0 amide bonds. The molecule has 0 N–H and O–H groups in total. The number of nitrogens with zero attached hydrogens (tertiary/aromatic N) is 6. The van der Waals surface area contributed by atoms with E-state index in [1.165, 1.54) is 23.9 Å². The Bertz CT molecular complexity index is 1580. The summed E-state index contributed by atoms with van der Waals surface area (Å²) >= 11 is 1.45. The van der Waals surface area contributed by atoms with E-state index in [1.807, 2.05) is 42.7 Å². The van der Waals surface area contributed by atoms with Crippen molar-refractivity contribution in [1.82, 2.24) is 29.1 Å². The second-order valence-corrected chi connectivity index (χ2v) is 8.42. The molecule has 0 aliphatic heterocycles. The van der Waals surface area contributed by atoms with E-state index in [0.29, 0.717) is 16.8 Å². The molecule has 0 fully saturated rings. The highest BCUT2D eigenvalue weighted by Crippen LogP contribution is 2.31. The number of oxazole rings is 1. The average molecular weight is 444 g/mol. The monoisotopic (exact) mass is 444 g/mol. The van der Waals surface area contributed by atoms with Crippen molar-refractivity contribution in [2.24, 2.45) is 0 Å². The maximum absolute atomic E-state index is 13.4. The predicted octanol–water partition coefficient (Wildman–Crippen LogP) is 5.26. The maximum Gasteiger partial charge on any atom is 0.257 e. The van der Waals surface area contributed by atoms with Crippen molar-refractivity contribution in [3.05, 3.63) is 77.8 Å². The number of aromatic nitrogens is 6. The Kier molecular flexibility index (Phi) is 4.25. The van der Waals surface area contributed by atoms with Crippen molar-refractivity contribution in [3.8, 4) is 5.69 Å². The molecule has 7 nitrogen and oxygen atoms in total. The first-order chi connectivity index (χ1) is 15.6. The zero-order valence-electron chi connectivity index (χ0n) is 17.3. The zero-order chi connectivity index (χ0) is 21.8. The van der Waals surface area contributed by atoms with Gasteiger partial charge in [-0.15, -0.1) is 5.10 Å². The minimum Gasteiger partial charge on any atom is -0.431 e. The summed E-state index contributed by atoms with van der Waals surface area (Å²) in [6, 6.07) is 14.1. The molecule has 0 aliphatic carbocycles. The molecule has 0 unspecified atom stereocenters. The van der Waals surface area contributed by atoms with Gasteiger partial charge in [-0.05, 0) is 55.8 Å². The molecule has 0 spiro atoms. The molecule has 0 saturated carbocycles. The van der Waals surface area contributed by atoms with Crippen LogP contribution < -0.4 is 0 Å². The largest absolute Gasteiger partial charge is 0.431 e. The van der Waals surface area contributed by atoms with Crippen LogP contribution in [0.3, 0.4) is 0 Å². The Balaban J connectivity index is 1.40. The topological polar surface area (TPSA) is 74.0 Å². The number of hydrogen-bond acceptors (Lipinski definition) is 6. The summed E-state index contributed by atoms with van der Waals surface area (Å²) in [7, 11) is 0. The number of aryl methyl sites for hydroxylation is 1. The van der Waals surface area contributed by atoms with E-state index in [0.717, 1.165) is 44.7 Å². The highest BCUT2D eigenvalue weighted by Gasteiger charge is 2.19. The van der Waals surface area contributed by atoms with Crippen LogP contribution in [0, 0.1) is 19.7 Å². The Morgan fingerprint density at radius 3 is 2.62 bits per heavy atom. The normalized spacial score (nSPS) is 11.8. The van der Waals surface area contributed by atoms with E-state index < -0.39 is 0 Å². The van der Waals surface area contributed by atoms with Crippen molar-refractivity contribution in [2.45, 2.75) is 24.8 Å². The molecule has 158 valence electrons. The molecule has 4 heterocycles. The van der Waals surface area contributed by atoms with Gasteiger partial charge in [-0.25, -0.2) is 23.9 Å². The molecule has 0 radical (unpaired) electrons. The van der Waals surface area contributed by atoms with Crippen molar-refractivity contribution in [2.75, 3.05) is 0 Å². The molecule has 6 aromatic rings. The van der Waals surface area contributed by atoms with Gasteiger partial charge in [0.25, 0.3) is 5.22 Å². The van der Waals surface area contributed by atoms with Crippen molar-refractivity contribution >= 4 is 39.5 Å². The second kappa shape index (κ2) is 7.16. The fraction of sp³-hybridized carbons (Fsp3) is 0.130.